The van der Waals surface area contributed by atoms with Gasteiger partial charge in [-0.1, -0.05) is 0 Å². The third kappa shape index (κ3) is 2.83. The molecule has 0 aliphatic rings. The van der Waals surface area contributed by atoms with E-state index >= 15 is 0 Å². The van der Waals surface area contributed by atoms with Crippen LogP contribution in [0.4, 0.5) is 10.1 Å². The van der Waals surface area contributed by atoms with Crippen LogP contribution in [-0.4, -0.2) is 0 Å². The number of hydrogen-bond acceptors (Lipinski definition) is 3. The first-order valence-electron chi connectivity index (χ1n) is 5.75. The lowest BCUT2D eigenvalue weighted by Crippen LogP contribution is -1.94. The zero-order valence-electron chi connectivity index (χ0n) is 10.7. The van der Waals surface area contributed by atoms with Crippen LogP contribution >= 0.6 is 0 Å². The number of hydrogen-bond donors (Lipinski definition) is 1. The molecule has 2 aromatic rings. The van der Waals surface area contributed by atoms with E-state index in [1.54, 1.807) is 18.2 Å². The van der Waals surface area contributed by atoms with Crippen LogP contribution in [0.15, 0.2) is 30.3 Å². The second kappa shape index (κ2) is 4.99. The Kier molecular flexibility index (Phi) is 3.39. The average molecular weight is 256 g/mol. The molecule has 0 unspecified atom stereocenters. The van der Waals surface area contributed by atoms with Crippen molar-refractivity contribution in [3.05, 3.63) is 52.8 Å². The summed E-state index contributed by atoms with van der Waals surface area (Å²) in [6, 6.07) is 9.59. The van der Waals surface area contributed by atoms with E-state index in [4.69, 9.17) is 15.7 Å². The van der Waals surface area contributed by atoms with Crippen molar-refractivity contribution in [2.75, 3.05) is 5.73 Å². The Morgan fingerprint density at radius 1 is 1.11 bits per heavy atom. The summed E-state index contributed by atoms with van der Waals surface area (Å²) in [5.41, 5.74) is 8.08. The summed E-state index contributed by atoms with van der Waals surface area (Å²) >= 11 is 0. The molecular weight excluding hydrogens is 243 g/mol. The largest absolute Gasteiger partial charge is 0.457 e. The van der Waals surface area contributed by atoms with Crippen LogP contribution in [0, 0.1) is 31.0 Å². The summed E-state index contributed by atoms with van der Waals surface area (Å²) < 4.78 is 18.9. The molecule has 2 aromatic carbocycles. The van der Waals surface area contributed by atoms with Crippen LogP contribution in [0.25, 0.3) is 0 Å². The van der Waals surface area contributed by atoms with Gasteiger partial charge in [-0.15, -0.1) is 0 Å². The first-order chi connectivity index (χ1) is 8.99. The molecule has 0 aliphatic carbocycles. The van der Waals surface area contributed by atoms with E-state index in [1.165, 1.54) is 12.1 Å². The Hall–Kier alpha value is -2.54. The molecule has 2 rings (SSSR count). The predicted molar refractivity (Wildman–Crippen MR) is 71.5 cm³/mol. The highest BCUT2D eigenvalue weighted by molar-refractivity contribution is 5.51. The van der Waals surface area contributed by atoms with Crippen LogP contribution in [0.3, 0.4) is 0 Å². The number of ether oxygens (including phenoxy) is 1. The SMILES string of the molecule is Cc1cc(C#N)cc(C)c1Oc1cc(N)cc(F)c1. The molecule has 0 aromatic heterocycles. The molecule has 96 valence electrons. The fourth-order valence-electron chi connectivity index (χ4n) is 1.94. The van der Waals surface area contributed by atoms with Crippen molar-refractivity contribution < 1.29 is 9.13 Å². The maximum atomic E-state index is 13.2. The molecule has 0 saturated heterocycles. The number of rotatable bonds is 2. The Morgan fingerprint density at radius 2 is 1.74 bits per heavy atom. The quantitative estimate of drug-likeness (QED) is 0.833. The molecule has 0 radical (unpaired) electrons. The normalized spacial score (nSPS) is 10.0. The minimum Gasteiger partial charge on any atom is -0.457 e. The minimum absolute atomic E-state index is 0.305. The van der Waals surface area contributed by atoms with Crippen LogP contribution in [0.5, 0.6) is 11.5 Å². The Morgan fingerprint density at radius 3 is 2.26 bits per heavy atom. The Balaban J connectivity index is 2.41. The van der Waals surface area contributed by atoms with Gasteiger partial charge in [-0.3, -0.25) is 0 Å². The van der Waals surface area contributed by atoms with E-state index < -0.39 is 5.82 Å². The number of nitrogens with two attached hydrogens (primary N) is 1. The molecule has 3 nitrogen and oxygen atoms in total. The minimum atomic E-state index is -0.445. The van der Waals surface area contributed by atoms with E-state index in [1.807, 2.05) is 13.8 Å². The van der Waals surface area contributed by atoms with Crippen molar-refractivity contribution in [3.8, 4) is 17.6 Å². The van der Waals surface area contributed by atoms with Gasteiger partial charge in [-0.25, -0.2) is 4.39 Å². The van der Waals surface area contributed by atoms with Gasteiger partial charge in [0.2, 0.25) is 0 Å². The second-order valence-electron chi connectivity index (χ2n) is 4.37. The summed E-state index contributed by atoms with van der Waals surface area (Å²) in [4.78, 5) is 0. The number of halogens is 1. The van der Waals surface area contributed by atoms with E-state index in [0.29, 0.717) is 22.7 Å². The molecule has 0 spiro atoms. The topological polar surface area (TPSA) is 59.0 Å². The van der Waals surface area contributed by atoms with Crippen molar-refractivity contribution in [2.24, 2.45) is 0 Å². The van der Waals surface area contributed by atoms with Gasteiger partial charge in [-0.2, -0.15) is 5.26 Å². The summed E-state index contributed by atoms with van der Waals surface area (Å²) in [6.45, 7) is 3.68. The van der Waals surface area contributed by atoms with E-state index in [0.717, 1.165) is 11.1 Å². The molecule has 0 fully saturated rings. The van der Waals surface area contributed by atoms with Gasteiger partial charge in [-0.05, 0) is 43.2 Å². The number of nitrogen functional groups attached to an aromatic ring is 1. The fourth-order valence-corrected chi connectivity index (χ4v) is 1.94. The van der Waals surface area contributed by atoms with Gasteiger partial charge >= 0.3 is 0 Å². The van der Waals surface area contributed by atoms with Gasteiger partial charge < -0.3 is 10.5 Å². The van der Waals surface area contributed by atoms with Crippen LogP contribution in [0.1, 0.15) is 16.7 Å². The van der Waals surface area contributed by atoms with Crippen molar-refractivity contribution in [1.82, 2.24) is 0 Å². The van der Waals surface area contributed by atoms with Gasteiger partial charge in [0.05, 0.1) is 11.6 Å². The maximum Gasteiger partial charge on any atom is 0.133 e. The van der Waals surface area contributed by atoms with Crippen LogP contribution < -0.4 is 10.5 Å². The predicted octanol–water partition coefficient (Wildman–Crippen LogP) is 3.69. The molecule has 4 heteroatoms. The number of anilines is 1. The van der Waals surface area contributed by atoms with Gasteiger partial charge in [0, 0.05) is 17.8 Å². The van der Waals surface area contributed by atoms with Gasteiger partial charge in [0.15, 0.2) is 0 Å². The van der Waals surface area contributed by atoms with E-state index in [-0.39, 0.29) is 0 Å². The highest BCUT2D eigenvalue weighted by Crippen LogP contribution is 2.31. The molecule has 19 heavy (non-hydrogen) atoms. The van der Waals surface area contributed by atoms with Crippen LogP contribution in [-0.2, 0) is 0 Å². The third-order valence-corrected chi connectivity index (χ3v) is 2.70. The molecule has 0 saturated carbocycles. The lowest BCUT2D eigenvalue weighted by atomic mass is 10.1. The van der Waals surface area contributed by atoms with Crippen molar-refractivity contribution in [3.63, 3.8) is 0 Å². The van der Waals surface area contributed by atoms with Crippen molar-refractivity contribution >= 4 is 5.69 Å². The van der Waals surface area contributed by atoms with Gasteiger partial charge in [0.1, 0.15) is 17.3 Å². The van der Waals surface area contributed by atoms with Crippen LogP contribution in [0.2, 0.25) is 0 Å². The molecule has 0 amide bonds. The number of aryl methyl sites for hydroxylation is 2. The molecule has 2 N–H and O–H groups in total. The van der Waals surface area contributed by atoms with E-state index in [9.17, 15) is 4.39 Å². The van der Waals surface area contributed by atoms with Gasteiger partial charge in [0.25, 0.3) is 0 Å². The molecule has 0 aliphatic heterocycles. The summed E-state index contributed by atoms with van der Waals surface area (Å²) in [5.74, 6) is 0.511. The first-order valence-corrected chi connectivity index (χ1v) is 5.75. The zero-order valence-corrected chi connectivity index (χ0v) is 10.7. The maximum absolute atomic E-state index is 13.2. The number of benzene rings is 2. The summed E-state index contributed by atoms with van der Waals surface area (Å²) in [6.07, 6.45) is 0. The van der Waals surface area contributed by atoms with E-state index in [2.05, 4.69) is 6.07 Å². The monoisotopic (exact) mass is 256 g/mol. The Bertz CT molecular complexity index is 631. The lowest BCUT2D eigenvalue weighted by molar-refractivity contribution is 0.470. The highest BCUT2D eigenvalue weighted by Gasteiger charge is 2.09. The number of nitriles is 1. The zero-order chi connectivity index (χ0) is 14.0. The molecule has 0 heterocycles. The fraction of sp³-hybridized carbons (Fsp3) is 0.133. The first kappa shape index (κ1) is 12.9. The molecule has 0 bridgehead atoms. The second-order valence-corrected chi connectivity index (χ2v) is 4.37. The standard InChI is InChI=1S/C15H13FN2O/c1-9-3-11(8-17)4-10(2)15(9)19-14-6-12(16)5-13(18)7-14/h3-7H,18H2,1-2H3. The number of nitrogens with zero attached hydrogens (tertiary/aromatic N) is 1. The summed E-state index contributed by atoms with van der Waals surface area (Å²) in [5, 5.41) is 8.88. The van der Waals surface area contributed by atoms with Crippen molar-refractivity contribution in [2.45, 2.75) is 13.8 Å². The third-order valence-electron chi connectivity index (χ3n) is 2.70. The van der Waals surface area contributed by atoms with Crippen molar-refractivity contribution in [1.29, 1.82) is 5.26 Å². The smallest absolute Gasteiger partial charge is 0.133 e. The highest BCUT2D eigenvalue weighted by atomic mass is 19.1. The Labute approximate surface area is 111 Å². The molecular formula is C15H13FN2O. The average Bonchev–Trinajstić information content (AvgIpc) is 2.32. The lowest BCUT2D eigenvalue weighted by Gasteiger charge is -2.12. The molecule has 0 atom stereocenters. The summed E-state index contributed by atoms with van der Waals surface area (Å²) in [7, 11) is 0.